The lowest BCUT2D eigenvalue weighted by molar-refractivity contribution is 0.600. The van der Waals surface area contributed by atoms with Crippen molar-refractivity contribution in [2.24, 2.45) is 7.05 Å². The Morgan fingerprint density at radius 2 is 2.11 bits per heavy atom. The zero-order valence-corrected chi connectivity index (χ0v) is 17.7. The molecule has 1 fully saturated rings. The summed E-state index contributed by atoms with van der Waals surface area (Å²) in [6, 6.07) is 4.63. The van der Waals surface area contributed by atoms with Gasteiger partial charge < -0.3 is 9.88 Å². The molecule has 11 heteroatoms. The number of nitrogens with one attached hydrogen (secondary N) is 2. The Bertz CT molecular complexity index is 1160. The summed E-state index contributed by atoms with van der Waals surface area (Å²) in [6.07, 6.45) is 2.73. The van der Waals surface area contributed by atoms with Crippen molar-refractivity contribution in [2.75, 3.05) is 10.0 Å². The van der Waals surface area contributed by atoms with Crippen LogP contribution in [-0.2, 0) is 17.1 Å². The van der Waals surface area contributed by atoms with Crippen LogP contribution in [0.2, 0.25) is 5.02 Å². The van der Waals surface area contributed by atoms with E-state index in [2.05, 4.69) is 20.0 Å². The van der Waals surface area contributed by atoms with Crippen LogP contribution in [0.1, 0.15) is 12.8 Å². The second kappa shape index (κ2) is 6.74. The topological polar surface area (TPSA) is 88.9 Å². The number of halogens is 3. The molecule has 7 nitrogen and oxygen atoms in total. The third kappa shape index (κ3) is 3.57. The minimum Gasteiger partial charge on any atom is -0.349 e. The summed E-state index contributed by atoms with van der Waals surface area (Å²) < 4.78 is 44.0. The van der Waals surface area contributed by atoms with Crippen molar-refractivity contribution in [3.8, 4) is 0 Å². The minimum atomic E-state index is -3.59. The summed E-state index contributed by atoms with van der Waals surface area (Å²) in [7, 11) is -1.86. The van der Waals surface area contributed by atoms with Gasteiger partial charge in [-0.1, -0.05) is 11.6 Å². The zero-order chi connectivity index (χ0) is 19.3. The molecule has 1 aromatic carbocycles. The quantitative estimate of drug-likeness (QED) is 0.495. The highest BCUT2D eigenvalue weighted by Gasteiger charge is 2.37. The van der Waals surface area contributed by atoms with E-state index >= 15 is 0 Å². The summed E-state index contributed by atoms with van der Waals surface area (Å²) in [6.45, 7) is 0. The van der Waals surface area contributed by atoms with E-state index in [4.69, 9.17) is 11.6 Å². The van der Waals surface area contributed by atoms with Crippen LogP contribution in [-0.4, -0.2) is 28.2 Å². The summed E-state index contributed by atoms with van der Waals surface area (Å²) in [4.78, 5) is 8.57. The molecule has 2 heterocycles. The predicted molar refractivity (Wildman–Crippen MR) is 111 cm³/mol. The lowest BCUT2D eigenvalue weighted by Crippen LogP contribution is -2.19. The first-order valence-electron chi connectivity index (χ1n) is 8.00. The highest BCUT2D eigenvalue weighted by Crippen LogP contribution is 2.39. The number of nitrogens with zero attached hydrogens (tertiary/aromatic N) is 3. The summed E-state index contributed by atoms with van der Waals surface area (Å²) in [5.41, 5.74) is 1.12. The largest absolute Gasteiger partial charge is 0.349 e. The maximum atomic E-state index is 14.3. The summed E-state index contributed by atoms with van der Waals surface area (Å²) >= 11 is 8.48. The van der Waals surface area contributed by atoms with Gasteiger partial charge in [0.1, 0.15) is 17.0 Å². The van der Waals surface area contributed by atoms with E-state index in [0.717, 1.165) is 3.57 Å². The molecule has 1 aliphatic carbocycles. The molecule has 4 rings (SSSR count). The van der Waals surface area contributed by atoms with Crippen molar-refractivity contribution >= 4 is 72.6 Å². The molecule has 0 spiro atoms. The lowest BCUT2D eigenvalue weighted by Gasteiger charge is -2.16. The number of benzene rings is 1. The number of hydrogen-bond acceptors (Lipinski definition) is 5. The maximum absolute atomic E-state index is 14.3. The Labute approximate surface area is 173 Å². The number of pyridine rings is 1. The molecule has 0 bridgehead atoms. The van der Waals surface area contributed by atoms with Crippen LogP contribution in [0.3, 0.4) is 0 Å². The second-order valence-electron chi connectivity index (χ2n) is 6.27. The fourth-order valence-corrected chi connectivity index (χ4v) is 4.67. The number of imidazole rings is 1. The van der Waals surface area contributed by atoms with Crippen molar-refractivity contribution in [3.63, 3.8) is 0 Å². The van der Waals surface area contributed by atoms with E-state index in [1.165, 1.54) is 12.4 Å². The van der Waals surface area contributed by atoms with Gasteiger partial charge in [-0.2, -0.15) is 0 Å². The smallest absolute Gasteiger partial charge is 0.236 e. The first-order chi connectivity index (χ1) is 12.8. The molecule has 0 atom stereocenters. The minimum absolute atomic E-state index is 0.0148. The van der Waals surface area contributed by atoms with Gasteiger partial charge in [0.25, 0.3) is 0 Å². The maximum Gasteiger partial charge on any atom is 0.236 e. The molecular weight excluding hydrogens is 508 g/mol. The van der Waals surface area contributed by atoms with Crippen molar-refractivity contribution in [1.82, 2.24) is 14.5 Å². The fraction of sp³-hybridized carbons (Fsp3) is 0.250. The highest BCUT2D eigenvalue weighted by atomic mass is 127. The van der Waals surface area contributed by atoms with Crippen molar-refractivity contribution in [3.05, 3.63) is 38.9 Å². The Balaban J connectivity index is 1.85. The molecule has 142 valence electrons. The van der Waals surface area contributed by atoms with Crippen molar-refractivity contribution < 1.29 is 12.8 Å². The molecular formula is C16H14ClFIN5O2S. The first-order valence-corrected chi connectivity index (χ1v) is 11.0. The van der Waals surface area contributed by atoms with E-state index in [1.807, 2.05) is 22.6 Å². The normalized spacial score (nSPS) is 14.5. The van der Waals surface area contributed by atoms with Gasteiger partial charge in [-0.05, 0) is 53.6 Å². The number of sulfonamides is 1. The lowest BCUT2D eigenvalue weighted by atomic mass is 10.2. The van der Waals surface area contributed by atoms with Gasteiger partial charge in [0.05, 0.1) is 22.3 Å². The van der Waals surface area contributed by atoms with Crippen LogP contribution in [0.25, 0.3) is 11.2 Å². The van der Waals surface area contributed by atoms with E-state index in [0.29, 0.717) is 24.0 Å². The Morgan fingerprint density at radius 3 is 2.78 bits per heavy atom. The average molecular weight is 522 g/mol. The number of aryl methyl sites for hydroxylation is 1. The van der Waals surface area contributed by atoms with Crippen LogP contribution in [0.5, 0.6) is 0 Å². The van der Waals surface area contributed by atoms with E-state index in [-0.39, 0.29) is 22.2 Å². The molecule has 3 aromatic rings. The van der Waals surface area contributed by atoms with Crippen LogP contribution in [0.15, 0.2) is 24.5 Å². The number of rotatable bonds is 5. The molecule has 1 saturated carbocycles. The number of aromatic nitrogens is 3. The molecule has 2 aromatic heterocycles. The van der Waals surface area contributed by atoms with E-state index in [1.54, 1.807) is 23.7 Å². The molecule has 2 N–H and O–H groups in total. The number of fused-ring (bicyclic) bond motifs is 1. The monoisotopic (exact) mass is 521 g/mol. The molecule has 0 unspecified atom stereocenters. The molecule has 0 radical (unpaired) electrons. The molecule has 1 aliphatic rings. The number of anilines is 3. The van der Waals surface area contributed by atoms with Crippen LogP contribution >= 0.6 is 34.2 Å². The third-order valence-electron chi connectivity index (χ3n) is 4.18. The van der Waals surface area contributed by atoms with Gasteiger partial charge in [0.15, 0.2) is 11.5 Å². The van der Waals surface area contributed by atoms with Crippen LogP contribution < -0.4 is 10.0 Å². The molecule has 0 saturated heterocycles. The zero-order valence-electron chi connectivity index (χ0n) is 14.0. The van der Waals surface area contributed by atoms with Gasteiger partial charge in [0, 0.05) is 10.6 Å². The molecule has 0 amide bonds. The third-order valence-corrected chi connectivity index (χ3v) is 7.05. The van der Waals surface area contributed by atoms with Gasteiger partial charge in [-0.3, -0.25) is 4.72 Å². The Morgan fingerprint density at radius 1 is 1.37 bits per heavy atom. The van der Waals surface area contributed by atoms with Crippen LogP contribution in [0, 0.1) is 9.39 Å². The summed E-state index contributed by atoms with van der Waals surface area (Å²) in [5, 5.41) is 2.59. The molecule has 0 aliphatic heterocycles. The standard InChI is InChI=1S/C16H14ClFIN5O2S/c1-24-7-20-14-12(17)13(21-11-5-2-8(19)6-10(11)18)15(22-16(14)24)23-27(25,26)9-3-4-9/h2,5-7,9,21H,3-4H2,1H3,(H,22,23). The average Bonchev–Trinajstić information content (AvgIpc) is 3.39. The molecule has 27 heavy (non-hydrogen) atoms. The highest BCUT2D eigenvalue weighted by molar-refractivity contribution is 14.1. The van der Waals surface area contributed by atoms with E-state index in [9.17, 15) is 12.8 Å². The second-order valence-corrected chi connectivity index (χ2v) is 9.86. The first kappa shape index (κ1) is 18.7. The van der Waals surface area contributed by atoms with Gasteiger partial charge >= 0.3 is 0 Å². The Kier molecular flexibility index (Phi) is 4.67. The van der Waals surface area contributed by atoms with Gasteiger partial charge in [0.2, 0.25) is 10.0 Å². The van der Waals surface area contributed by atoms with Gasteiger partial charge in [-0.15, -0.1) is 0 Å². The van der Waals surface area contributed by atoms with Crippen molar-refractivity contribution in [2.45, 2.75) is 18.1 Å². The van der Waals surface area contributed by atoms with Crippen LogP contribution in [0.4, 0.5) is 21.6 Å². The fourth-order valence-electron chi connectivity index (χ4n) is 2.60. The van der Waals surface area contributed by atoms with Crippen molar-refractivity contribution in [1.29, 1.82) is 0 Å². The summed E-state index contributed by atoms with van der Waals surface area (Å²) in [5.74, 6) is -0.476. The predicted octanol–water partition coefficient (Wildman–Crippen LogP) is 4.01. The van der Waals surface area contributed by atoms with E-state index < -0.39 is 21.1 Å². The Hall–Kier alpha value is -1.66. The number of hydrogen-bond donors (Lipinski definition) is 2. The van der Waals surface area contributed by atoms with Gasteiger partial charge in [-0.25, -0.2) is 22.8 Å². The SMILES string of the molecule is Cn1cnc2c(Cl)c(Nc3ccc(I)cc3F)c(NS(=O)(=O)C3CC3)nc21.